The number of esters is 1. The Morgan fingerprint density at radius 3 is 2.76 bits per heavy atom. The molecule has 0 aliphatic carbocycles. The molecule has 0 amide bonds. The van der Waals surface area contributed by atoms with Gasteiger partial charge < -0.3 is 9.84 Å². The smallest absolute Gasteiger partial charge is 0.328 e. The average Bonchev–Trinajstić information content (AvgIpc) is 2.88. The minimum Gasteiger partial charge on any atom is -0.478 e. The summed E-state index contributed by atoms with van der Waals surface area (Å²) in [7, 11) is -2.74. The quantitative estimate of drug-likeness (QED) is 0.565. The van der Waals surface area contributed by atoms with E-state index >= 15 is 0 Å². The maximum Gasteiger partial charge on any atom is 0.328 e. The van der Waals surface area contributed by atoms with E-state index in [1.807, 2.05) is 0 Å². The van der Waals surface area contributed by atoms with Gasteiger partial charge in [-0.1, -0.05) is 0 Å². The fourth-order valence-corrected chi connectivity index (χ4v) is 3.23. The van der Waals surface area contributed by atoms with Crippen molar-refractivity contribution in [2.75, 3.05) is 7.11 Å². The van der Waals surface area contributed by atoms with Crippen molar-refractivity contribution in [3.8, 4) is 0 Å². The first kappa shape index (κ1) is 17.3. The summed E-state index contributed by atoms with van der Waals surface area (Å²) in [6, 6.07) is 1.68. The van der Waals surface area contributed by atoms with Gasteiger partial charge in [0.15, 0.2) is 5.25 Å². The lowest BCUT2D eigenvalue weighted by Crippen LogP contribution is -2.37. The third-order valence-electron chi connectivity index (χ3n) is 2.62. The highest BCUT2D eigenvalue weighted by Crippen LogP contribution is 2.18. The van der Waals surface area contributed by atoms with Gasteiger partial charge >= 0.3 is 11.9 Å². The van der Waals surface area contributed by atoms with Crippen molar-refractivity contribution in [2.24, 2.45) is 0 Å². The zero-order chi connectivity index (χ0) is 16.0. The van der Waals surface area contributed by atoms with E-state index in [2.05, 4.69) is 9.46 Å². The van der Waals surface area contributed by atoms with Gasteiger partial charge in [-0.05, 0) is 30.0 Å². The molecule has 0 aromatic carbocycles. The predicted molar refractivity (Wildman–Crippen MR) is 78.2 cm³/mol. The van der Waals surface area contributed by atoms with Crippen LogP contribution < -0.4 is 4.72 Å². The van der Waals surface area contributed by atoms with E-state index in [0.717, 1.165) is 13.2 Å². The zero-order valence-electron chi connectivity index (χ0n) is 11.4. The van der Waals surface area contributed by atoms with E-state index in [1.54, 1.807) is 11.4 Å². The number of aliphatic carboxylic acids is 1. The molecule has 0 bridgehead atoms. The summed E-state index contributed by atoms with van der Waals surface area (Å²) >= 11 is 1.28. The first-order valence-corrected chi connectivity index (χ1v) is 8.24. The molecule has 1 unspecified atom stereocenters. The van der Waals surface area contributed by atoms with Gasteiger partial charge in [0.1, 0.15) is 0 Å². The van der Waals surface area contributed by atoms with Crippen LogP contribution in [0.25, 0.3) is 6.08 Å². The largest absolute Gasteiger partial charge is 0.478 e. The summed E-state index contributed by atoms with van der Waals surface area (Å²) in [4.78, 5) is 22.4. The van der Waals surface area contributed by atoms with Gasteiger partial charge in [-0.25, -0.2) is 17.9 Å². The minimum absolute atomic E-state index is 0.0272. The van der Waals surface area contributed by atoms with E-state index in [-0.39, 0.29) is 6.54 Å². The summed E-state index contributed by atoms with van der Waals surface area (Å²) < 4.78 is 30.5. The number of hydrogen-bond donors (Lipinski definition) is 2. The van der Waals surface area contributed by atoms with E-state index in [4.69, 9.17) is 5.11 Å². The van der Waals surface area contributed by atoms with Crippen LogP contribution in [0.5, 0.6) is 0 Å². The molecule has 0 spiro atoms. The first-order valence-electron chi connectivity index (χ1n) is 5.81. The molecule has 0 aliphatic rings. The molecule has 1 heterocycles. The zero-order valence-corrected chi connectivity index (χ0v) is 13.0. The van der Waals surface area contributed by atoms with Crippen molar-refractivity contribution < 1.29 is 27.9 Å². The summed E-state index contributed by atoms with van der Waals surface area (Å²) in [5, 5.41) is 8.98. The van der Waals surface area contributed by atoms with Crippen LogP contribution in [0.2, 0.25) is 0 Å². The summed E-state index contributed by atoms with van der Waals surface area (Å²) in [6.45, 7) is 1.20. The molecule has 0 aliphatic heterocycles. The highest BCUT2D eigenvalue weighted by atomic mass is 32.2. The maximum absolute atomic E-state index is 11.9. The first-order chi connectivity index (χ1) is 9.77. The standard InChI is InChI=1S/C12H15NO6S2/c1-8(12(16)19-2)21(17,18)13-7-10-9(5-6-20-10)3-4-11(14)15/h3-6,8,13H,7H2,1-2H3,(H,14,15)/b4-3+. The number of ether oxygens (including phenoxy) is 1. The van der Waals surface area contributed by atoms with Crippen LogP contribution in [0, 0.1) is 0 Å². The second kappa shape index (κ2) is 7.34. The summed E-state index contributed by atoms with van der Waals surface area (Å²) in [6.07, 6.45) is 2.35. The van der Waals surface area contributed by atoms with Crippen LogP contribution in [-0.2, 0) is 30.9 Å². The average molecular weight is 333 g/mol. The van der Waals surface area contributed by atoms with Crippen LogP contribution in [-0.4, -0.2) is 37.8 Å². The highest BCUT2D eigenvalue weighted by Gasteiger charge is 2.28. The van der Waals surface area contributed by atoms with E-state index in [9.17, 15) is 18.0 Å². The Morgan fingerprint density at radius 1 is 1.52 bits per heavy atom. The Labute approximate surface area is 126 Å². The molecular weight excluding hydrogens is 318 g/mol. The number of hydrogen-bond acceptors (Lipinski definition) is 6. The maximum atomic E-state index is 11.9. The number of thiophene rings is 1. The molecule has 0 saturated heterocycles. The number of methoxy groups -OCH3 is 1. The molecule has 1 atom stereocenters. The second-order valence-corrected chi connectivity index (χ2v) is 7.09. The molecule has 2 N–H and O–H groups in total. The van der Waals surface area contributed by atoms with Gasteiger partial charge in [0, 0.05) is 17.5 Å². The molecule has 0 fully saturated rings. The molecule has 0 radical (unpaired) electrons. The summed E-state index contributed by atoms with van der Waals surface area (Å²) in [5.41, 5.74) is 0.607. The van der Waals surface area contributed by atoms with Crippen molar-refractivity contribution in [1.82, 2.24) is 4.72 Å². The molecule has 1 aromatic rings. The van der Waals surface area contributed by atoms with Crippen molar-refractivity contribution in [1.29, 1.82) is 0 Å². The van der Waals surface area contributed by atoms with Crippen molar-refractivity contribution in [3.05, 3.63) is 28.0 Å². The van der Waals surface area contributed by atoms with Crippen LogP contribution in [0.15, 0.2) is 17.5 Å². The number of rotatable bonds is 7. The second-order valence-electron chi connectivity index (χ2n) is 4.00. The van der Waals surface area contributed by atoms with Crippen LogP contribution in [0.1, 0.15) is 17.4 Å². The van der Waals surface area contributed by atoms with Crippen molar-refractivity contribution in [3.63, 3.8) is 0 Å². The third kappa shape index (κ3) is 4.96. The van der Waals surface area contributed by atoms with Gasteiger partial charge in [0.2, 0.25) is 10.0 Å². The Kier molecular flexibility index (Phi) is 6.06. The molecule has 0 saturated carbocycles. The molecule has 1 rings (SSSR count). The topological polar surface area (TPSA) is 110 Å². The van der Waals surface area contributed by atoms with E-state index in [0.29, 0.717) is 10.4 Å². The molecule has 1 aromatic heterocycles. The fourth-order valence-electron chi connectivity index (χ4n) is 1.39. The van der Waals surface area contributed by atoms with E-state index < -0.39 is 27.2 Å². The molecular formula is C12H15NO6S2. The van der Waals surface area contributed by atoms with E-state index in [1.165, 1.54) is 24.3 Å². The number of carbonyl (C=O) groups is 2. The SMILES string of the molecule is COC(=O)C(C)S(=O)(=O)NCc1sccc1/C=C/C(=O)O. The lowest BCUT2D eigenvalue weighted by Gasteiger charge is -2.11. The van der Waals surface area contributed by atoms with Crippen LogP contribution >= 0.6 is 11.3 Å². The Hall–Kier alpha value is -1.71. The number of carboxylic acids is 1. The predicted octanol–water partition coefficient (Wildman–Crippen LogP) is 0.827. The summed E-state index contributed by atoms with van der Waals surface area (Å²) in [5.74, 6) is -1.94. The third-order valence-corrected chi connectivity index (χ3v) is 5.22. The number of carbonyl (C=O) groups excluding carboxylic acids is 1. The van der Waals surface area contributed by atoms with Gasteiger partial charge in [-0.3, -0.25) is 4.79 Å². The molecule has 21 heavy (non-hydrogen) atoms. The minimum atomic E-state index is -3.85. The van der Waals surface area contributed by atoms with Crippen molar-refractivity contribution >= 4 is 39.4 Å². The number of sulfonamides is 1. The Morgan fingerprint density at radius 2 is 2.19 bits per heavy atom. The molecule has 9 heteroatoms. The Balaban J connectivity index is 2.78. The number of nitrogens with one attached hydrogen (secondary N) is 1. The van der Waals surface area contributed by atoms with Crippen LogP contribution in [0.4, 0.5) is 0 Å². The van der Waals surface area contributed by atoms with Gasteiger partial charge in [0.05, 0.1) is 7.11 Å². The van der Waals surface area contributed by atoms with Gasteiger partial charge in [0.25, 0.3) is 0 Å². The van der Waals surface area contributed by atoms with Crippen molar-refractivity contribution in [2.45, 2.75) is 18.7 Å². The monoisotopic (exact) mass is 333 g/mol. The lowest BCUT2D eigenvalue weighted by atomic mass is 10.2. The van der Waals surface area contributed by atoms with Crippen LogP contribution in [0.3, 0.4) is 0 Å². The van der Waals surface area contributed by atoms with Gasteiger partial charge in [-0.2, -0.15) is 0 Å². The fraction of sp³-hybridized carbons (Fsp3) is 0.333. The highest BCUT2D eigenvalue weighted by molar-refractivity contribution is 7.90. The molecule has 116 valence electrons. The van der Waals surface area contributed by atoms with Gasteiger partial charge in [-0.15, -0.1) is 11.3 Å². The Bertz CT molecular complexity index is 646. The normalized spacial score (nSPS) is 13.2. The number of carboxylic acid groups (broad SMARTS) is 1. The lowest BCUT2D eigenvalue weighted by molar-refractivity contribution is -0.139. The molecule has 7 nitrogen and oxygen atoms in total.